The number of piperidine rings is 1. The minimum atomic E-state index is 0.328. The molecule has 144 valence electrons. The minimum Gasteiger partial charge on any atom is -0.381 e. The van der Waals surface area contributed by atoms with Gasteiger partial charge in [-0.15, -0.1) is 0 Å². The molecule has 1 spiro atoms. The van der Waals surface area contributed by atoms with Gasteiger partial charge in [0.05, 0.1) is 13.2 Å². The smallest absolute Gasteiger partial charge is 0.122 e. The van der Waals surface area contributed by atoms with Gasteiger partial charge in [0.1, 0.15) is 5.82 Å². The van der Waals surface area contributed by atoms with E-state index in [4.69, 9.17) is 4.74 Å². The van der Waals surface area contributed by atoms with E-state index < -0.39 is 0 Å². The molecule has 0 amide bonds. The van der Waals surface area contributed by atoms with E-state index in [0.717, 1.165) is 39.4 Å². The highest BCUT2D eigenvalue weighted by Crippen LogP contribution is 2.47. The molecule has 0 bridgehead atoms. The van der Waals surface area contributed by atoms with Gasteiger partial charge in [0, 0.05) is 56.2 Å². The third-order valence-electron chi connectivity index (χ3n) is 6.91. The molecule has 1 aromatic heterocycles. The number of para-hydroxylation sites is 1. The molecule has 1 unspecified atom stereocenters. The topological polar surface area (TPSA) is 33.5 Å². The van der Waals surface area contributed by atoms with Gasteiger partial charge < -0.3 is 14.2 Å². The van der Waals surface area contributed by atoms with Crippen LogP contribution in [0, 0.1) is 5.92 Å². The molecule has 0 N–H and O–H groups in total. The maximum atomic E-state index is 5.62. The van der Waals surface area contributed by atoms with E-state index in [1.165, 1.54) is 37.3 Å². The van der Waals surface area contributed by atoms with Crippen LogP contribution in [0.25, 0.3) is 0 Å². The van der Waals surface area contributed by atoms with Crippen molar-refractivity contribution in [2.45, 2.75) is 31.2 Å². The van der Waals surface area contributed by atoms with Crippen molar-refractivity contribution in [2.24, 2.45) is 13.0 Å². The summed E-state index contributed by atoms with van der Waals surface area (Å²) in [6.07, 6.45) is 7.64. The van der Waals surface area contributed by atoms with Gasteiger partial charge >= 0.3 is 0 Å². The molecule has 0 saturated carbocycles. The van der Waals surface area contributed by atoms with Crippen molar-refractivity contribution in [3.05, 3.63) is 48.0 Å². The lowest BCUT2D eigenvalue weighted by Gasteiger charge is -2.40. The van der Waals surface area contributed by atoms with E-state index in [2.05, 4.69) is 50.7 Å². The molecule has 4 heterocycles. The van der Waals surface area contributed by atoms with Gasteiger partial charge in [-0.05, 0) is 44.0 Å². The maximum absolute atomic E-state index is 5.62. The average Bonchev–Trinajstić information content (AvgIpc) is 3.41. The van der Waals surface area contributed by atoms with E-state index in [0.29, 0.717) is 11.3 Å². The molecule has 5 rings (SSSR count). The molecule has 27 heavy (non-hydrogen) atoms. The van der Waals surface area contributed by atoms with Crippen LogP contribution in [0.4, 0.5) is 5.69 Å². The summed E-state index contributed by atoms with van der Waals surface area (Å²) in [5.74, 6) is 1.86. The van der Waals surface area contributed by atoms with E-state index in [-0.39, 0.29) is 0 Å². The highest BCUT2D eigenvalue weighted by molar-refractivity contribution is 5.63. The van der Waals surface area contributed by atoms with Gasteiger partial charge in [-0.2, -0.15) is 0 Å². The van der Waals surface area contributed by atoms with Gasteiger partial charge in [0.25, 0.3) is 0 Å². The first-order chi connectivity index (χ1) is 13.2. The van der Waals surface area contributed by atoms with Gasteiger partial charge in [-0.25, -0.2) is 4.98 Å². The highest BCUT2D eigenvalue weighted by Gasteiger charge is 2.44. The molecule has 3 aliphatic heterocycles. The first kappa shape index (κ1) is 17.3. The molecule has 0 aliphatic carbocycles. The Morgan fingerprint density at radius 3 is 2.81 bits per heavy atom. The van der Waals surface area contributed by atoms with Gasteiger partial charge in [0.2, 0.25) is 0 Å². The van der Waals surface area contributed by atoms with Crippen molar-refractivity contribution in [1.29, 1.82) is 0 Å². The zero-order valence-corrected chi connectivity index (χ0v) is 16.3. The number of aromatic nitrogens is 2. The Labute approximate surface area is 161 Å². The number of imidazole rings is 1. The number of hydrogen-bond donors (Lipinski definition) is 0. The molecule has 5 heteroatoms. The summed E-state index contributed by atoms with van der Waals surface area (Å²) < 4.78 is 7.76. The Bertz CT molecular complexity index is 787. The van der Waals surface area contributed by atoms with Crippen LogP contribution in [0.3, 0.4) is 0 Å². The summed E-state index contributed by atoms with van der Waals surface area (Å²) in [5, 5.41) is 0. The van der Waals surface area contributed by atoms with Gasteiger partial charge in [0.15, 0.2) is 0 Å². The molecule has 2 saturated heterocycles. The Morgan fingerprint density at radius 1 is 1.22 bits per heavy atom. The lowest BCUT2D eigenvalue weighted by atomic mass is 9.74. The summed E-state index contributed by atoms with van der Waals surface area (Å²) in [5.41, 5.74) is 3.39. The predicted molar refractivity (Wildman–Crippen MR) is 107 cm³/mol. The number of nitrogens with zero attached hydrogens (tertiary/aromatic N) is 4. The fraction of sp³-hybridized carbons (Fsp3) is 0.591. The standard InChI is InChI=1S/C22H30N4O/c1-24-12-9-23-21(24)15-25-10-7-22(8-11-25)17-26(14-18-6-13-27-16-18)20-5-3-2-4-19(20)22/h2-5,9,12,18H,6-8,10-11,13-17H2,1H3. The van der Waals surface area contributed by atoms with Crippen LogP contribution in [0.5, 0.6) is 0 Å². The Kier molecular flexibility index (Phi) is 4.44. The Balaban J connectivity index is 1.30. The summed E-state index contributed by atoms with van der Waals surface area (Å²) in [7, 11) is 2.09. The largest absolute Gasteiger partial charge is 0.381 e. The van der Waals surface area contributed by atoms with Crippen molar-refractivity contribution >= 4 is 5.69 Å². The van der Waals surface area contributed by atoms with Crippen molar-refractivity contribution in [3.8, 4) is 0 Å². The number of ether oxygens (including phenoxy) is 1. The molecule has 5 nitrogen and oxygen atoms in total. The van der Waals surface area contributed by atoms with Crippen molar-refractivity contribution in [2.75, 3.05) is 44.3 Å². The van der Waals surface area contributed by atoms with Crippen molar-refractivity contribution < 1.29 is 4.74 Å². The SMILES string of the molecule is Cn1ccnc1CN1CCC2(CC1)CN(CC1CCOC1)c1ccccc12. The second-order valence-electron chi connectivity index (χ2n) is 8.64. The molecule has 3 aliphatic rings. The minimum absolute atomic E-state index is 0.328. The number of benzene rings is 1. The van der Waals surface area contributed by atoms with Crippen LogP contribution in [0.2, 0.25) is 0 Å². The molecule has 2 aromatic rings. The first-order valence-electron chi connectivity index (χ1n) is 10.3. The van der Waals surface area contributed by atoms with E-state index in [9.17, 15) is 0 Å². The molecule has 1 atom stereocenters. The second kappa shape index (κ2) is 6.95. The molecule has 2 fully saturated rings. The normalized spacial score (nSPS) is 24.6. The number of anilines is 1. The second-order valence-corrected chi connectivity index (χ2v) is 8.64. The summed E-state index contributed by atoms with van der Waals surface area (Å²) in [4.78, 5) is 9.73. The quantitative estimate of drug-likeness (QED) is 0.833. The summed E-state index contributed by atoms with van der Waals surface area (Å²) in [6, 6.07) is 9.14. The summed E-state index contributed by atoms with van der Waals surface area (Å²) >= 11 is 0. The van der Waals surface area contributed by atoms with Crippen molar-refractivity contribution in [3.63, 3.8) is 0 Å². The van der Waals surface area contributed by atoms with Gasteiger partial charge in [-0.1, -0.05) is 18.2 Å². The maximum Gasteiger partial charge on any atom is 0.122 e. The highest BCUT2D eigenvalue weighted by atomic mass is 16.5. The lowest BCUT2D eigenvalue weighted by Crippen LogP contribution is -2.45. The Hall–Kier alpha value is -1.85. The predicted octanol–water partition coefficient (Wildman–Crippen LogP) is 2.81. The fourth-order valence-corrected chi connectivity index (χ4v) is 5.25. The van der Waals surface area contributed by atoms with Gasteiger partial charge in [-0.3, -0.25) is 4.90 Å². The Morgan fingerprint density at radius 2 is 2.07 bits per heavy atom. The van der Waals surface area contributed by atoms with E-state index in [1.807, 2.05) is 12.4 Å². The zero-order chi connectivity index (χ0) is 18.3. The number of rotatable bonds is 4. The van der Waals surface area contributed by atoms with Crippen LogP contribution in [-0.4, -0.2) is 53.8 Å². The molecule has 1 aromatic carbocycles. The van der Waals surface area contributed by atoms with Crippen LogP contribution in [0.1, 0.15) is 30.7 Å². The fourth-order valence-electron chi connectivity index (χ4n) is 5.25. The van der Waals surface area contributed by atoms with Crippen molar-refractivity contribution in [1.82, 2.24) is 14.5 Å². The van der Waals surface area contributed by atoms with Crippen LogP contribution in [-0.2, 0) is 23.7 Å². The lowest BCUT2D eigenvalue weighted by molar-refractivity contribution is 0.154. The number of aryl methyl sites for hydroxylation is 1. The molecular weight excluding hydrogens is 336 g/mol. The third kappa shape index (κ3) is 3.17. The van der Waals surface area contributed by atoms with Crippen LogP contribution in [0.15, 0.2) is 36.7 Å². The van der Waals surface area contributed by atoms with E-state index in [1.54, 1.807) is 5.56 Å². The average molecular weight is 367 g/mol. The summed E-state index contributed by atoms with van der Waals surface area (Å²) in [6.45, 7) is 7.47. The van der Waals surface area contributed by atoms with Crippen LogP contribution < -0.4 is 4.90 Å². The van der Waals surface area contributed by atoms with E-state index >= 15 is 0 Å². The number of likely N-dealkylation sites (tertiary alicyclic amines) is 1. The number of fused-ring (bicyclic) bond motifs is 2. The monoisotopic (exact) mass is 366 g/mol. The van der Waals surface area contributed by atoms with Crippen LogP contribution >= 0.6 is 0 Å². The number of hydrogen-bond acceptors (Lipinski definition) is 4. The molecule has 0 radical (unpaired) electrons. The molecular formula is C22H30N4O. The first-order valence-corrected chi connectivity index (χ1v) is 10.3. The zero-order valence-electron chi connectivity index (χ0n) is 16.3. The third-order valence-corrected chi connectivity index (χ3v) is 6.91.